The van der Waals surface area contributed by atoms with E-state index in [1.54, 1.807) is 7.05 Å². The first-order chi connectivity index (χ1) is 10.1. The SMILES string of the molecule is CN=C(NCCOCCC(C)C)NCc1cccc(C)n1. The van der Waals surface area contributed by atoms with Crippen LogP contribution >= 0.6 is 0 Å². The van der Waals surface area contributed by atoms with Crippen LogP contribution in [0.2, 0.25) is 0 Å². The van der Waals surface area contributed by atoms with Gasteiger partial charge in [-0.3, -0.25) is 9.98 Å². The van der Waals surface area contributed by atoms with Gasteiger partial charge in [0.25, 0.3) is 0 Å². The van der Waals surface area contributed by atoms with E-state index in [2.05, 4.69) is 34.5 Å². The monoisotopic (exact) mass is 292 g/mol. The van der Waals surface area contributed by atoms with Gasteiger partial charge in [-0.05, 0) is 31.4 Å². The Morgan fingerprint density at radius 1 is 1.29 bits per heavy atom. The topological polar surface area (TPSA) is 58.5 Å². The summed E-state index contributed by atoms with van der Waals surface area (Å²) in [7, 11) is 1.76. The van der Waals surface area contributed by atoms with Crippen LogP contribution in [0.15, 0.2) is 23.2 Å². The minimum Gasteiger partial charge on any atom is -0.380 e. The van der Waals surface area contributed by atoms with Crippen molar-refractivity contribution in [3.05, 3.63) is 29.6 Å². The Kier molecular flexibility index (Phi) is 8.43. The molecular weight excluding hydrogens is 264 g/mol. The zero-order valence-electron chi connectivity index (χ0n) is 13.6. The lowest BCUT2D eigenvalue weighted by molar-refractivity contribution is 0.128. The smallest absolute Gasteiger partial charge is 0.191 e. The largest absolute Gasteiger partial charge is 0.380 e. The first-order valence-corrected chi connectivity index (χ1v) is 7.56. The van der Waals surface area contributed by atoms with Gasteiger partial charge in [0, 0.05) is 25.9 Å². The fourth-order valence-electron chi connectivity index (χ4n) is 1.76. The number of aliphatic imine (C=N–C) groups is 1. The summed E-state index contributed by atoms with van der Waals surface area (Å²) in [4.78, 5) is 8.63. The molecule has 0 amide bonds. The quantitative estimate of drug-likeness (QED) is 0.438. The lowest BCUT2D eigenvalue weighted by Gasteiger charge is -2.12. The molecule has 0 fully saturated rings. The lowest BCUT2D eigenvalue weighted by Crippen LogP contribution is -2.38. The molecule has 0 atom stereocenters. The van der Waals surface area contributed by atoms with Crippen LogP contribution in [-0.2, 0) is 11.3 Å². The van der Waals surface area contributed by atoms with Crippen LogP contribution in [0.3, 0.4) is 0 Å². The van der Waals surface area contributed by atoms with E-state index in [0.717, 1.165) is 36.9 Å². The van der Waals surface area contributed by atoms with Crippen LogP contribution in [0, 0.1) is 12.8 Å². The van der Waals surface area contributed by atoms with Crippen molar-refractivity contribution in [1.29, 1.82) is 0 Å². The molecule has 5 nitrogen and oxygen atoms in total. The predicted molar refractivity (Wildman–Crippen MR) is 87.4 cm³/mol. The zero-order chi connectivity index (χ0) is 15.5. The summed E-state index contributed by atoms with van der Waals surface area (Å²) < 4.78 is 5.56. The summed E-state index contributed by atoms with van der Waals surface area (Å²) in [6.07, 6.45) is 1.10. The number of nitrogens with zero attached hydrogens (tertiary/aromatic N) is 2. The van der Waals surface area contributed by atoms with Gasteiger partial charge in [-0.25, -0.2) is 0 Å². The number of aromatic nitrogens is 1. The van der Waals surface area contributed by atoms with Crippen molar-refractivity contribution in [2.45, 2.75) is 33.7 Å². The van der Waals surface area contributed by atoms with E-state index in [1.165, 1.54) is 0 Å². The standard InChI is InChI=1S/C16H28N4O/c1-13(2)8-10-21-11-9-18-16(17-4)19-12-15-7-5-6-14(3)20-15/h5-7,13H,8-12H2,1-4H3,(H2,17,18,19). The molecule has 0 spiro atoms. The minimum atomic E-state index is 0.662. The van der Waals surface area contributed by atoms with Crippen molar-refractivity contribution in [3.63, 3.8) is 0 Å². The van der Waals surface area contributed by atoms with Gasteiger partial charge in [-0.1, -0.05) is 19.9 Å². The first-order valence-electron chi connectivity index (χ1n) is 7.56. The van der Waals surface area contributed by atoms with Crippen LogP contribution in [0.25, 0.3) is 0 Å². The molecule has 0 aliphatic heterocycles. The Morgan fingerprint density at radius 3 is 2.76 bits per heavy atom. The number of ether oxygens (including phenoxy) is 1. The van der Waals surface area contributed by atoms with Crippen molar-refractivity contribution < 1.29 is 4.74 Å². The Bertz CT molecular complexity index is 432. The van der Waals surface area contributed by atoms with Crippen molar-refractivity contribution >= 4 is 5.96 Å². The van der Waals surface area contributed by atoms with E-state index in [0.29, 0.717) is 19.1 Å². The van der Waals surface area contributed by atoms with Gasteiger partial charge in [0.2, 0.25) is 0 Å². The average molecular weight is 292 g/mol. The van der Waals surface area contributed by atoms with E-state index >= 15 is 0 Å². The summed E-state index contributed by atoms with van der Waals surface area (Å²) in [6, 6.07) is 6.01. The molecule has 1 aromatic rings. The molecule has 0 radical (unpaired) electrons. The van der Waals surface area contributed by atoms with Gasteiger partial charge < -0.3 is 15.4 Å². The molecule has 1 rings (SSSR count). The maximum Gasteiger partial charge on any atom is 0.191 e. The van der Waals surface area contributed by atoms with E-state index in [4.69, 9.17) is 4.74 Å². The number of aryl methyl sites for hydroxylation is 1. The molecule has 2 N–H and O–H groups in total. The van der Waals surface area contributed by atoms with Gasteiger partial charge in [-0.15, -0.1) is 0 Å². The Labute approximate surface area is 128 Å². The molecule has 5 heteroatoms. The fourth-order valence-corrected chi connectivity index (χ4v) is 1.76. The van der Waals surface area contributed by atoms with Crippen LogP contribution < -0.4 is 10.6 Å². The van der Waals surface area contributed by atoms with E-state index in [-0.39, 0.29) is 0 Å². The van der Waals surface area contributed by atoms with Crippen molar-refractivity contribution in [2.24, 2.45) is 10.9 Å². The van der Waals surface area contributed by atoms with Crippen molar-refractivity contribution in [3.8, 4) is 0 Å². The van der Waals surface area contributed by atoms with Crippen LogP contribution in [0.5, 0.6) is 0 Å². The third-order valence-corrected chi connectivity index (χ3v) is 2.98. The molecule has 1 aromatic heterocycles. The minimum absolute atomic E-state index is 0.662. The first kappa shape index (κ1) is 17.4. The predicted octanol–water partition coefficient (Wildman–Crippen LogP) is 2.12. The molecular formula is C16H28N4O. The average Bonchev–Trinajstić information content (AvgIpc) is 2.45. The highest BCUT2D eigenvalue weighted by Crippen LogP contribution is 1.98. The maximum absolute atomic E-state index is 5.56. The summed E-state index contributed by atoms with van der Waals surface area (Å²) in [5.74, 6) is 1.46. The Hall–Kier alpha value is -1.62. The highest BCUT2D eigenvalue weighted by Gasteiger charge is 1.99. The van der Waals surface area contributed by atoms with Crippen LogP contribution in [0.4, 0.5) is 0 Å². The summed E-state index contributed by atoms with van der Waals surface area (Å²) in [5, 5.41) is 6.47. The number of hydrogen-bond acceptors (Lipinski definition) is 3. The Morgan fingerprint density at radius 2 is 2.10 bits per heavy atom. The lowest BCUT2D eigenvalue weighted by atomic mass is 10.1. The van der Waals surface area contributed by atoms with Gasteiger partial charge in [0.05, 0.1) is 18.8 Å². The summed E-state index contributed by atoms with van der Waals surface area (Å²) >= 11 is 0. The summed E-state index contributed by atoms with van der Waals surface area (Å²) in [6.45, 7) is 9.31. The molecule has 0 aromatic carbocycles. The van der Waals surface area contributed by atoms with E-state index < -0.39 is 0 Å². The van der Waals surface area contributed by atoms with Gasteiger partial charge in [-0.2, -0.15) is 0 Å². The molecule has 0 aliphatic rings. The molecule has 0 saturated heterocycles. The number of pyridine rings is 1. The molecule has 0 unspecified atom stereocenters. The van der Waals surface area contributed by atoms with E-state index in [9.17, 15) is 0 Å². The number of guanidine groups is 1. The molecule has 21 heavy (non-hydrogen) atoms. The number of hydrogen-bond donors (Lipinski definition) is 2. The second kappa shape index (κ2) is 10.2. The molecule has 1 heterocycles. The van der Waals surface area contributed by atoms with Gasteiger partial charge in [0.15, 0.2) is 5.96 Å². The highest BCUT2D eigenvalue weighted by atomic mass is 16.5. The van der Waals surface area contributed by atoms with Crippen LogP contribution in [0.1, 0.15) is 31.7 Å². The fraction of sp³-hybridized carbons (Fsp3) is 0.625. The maximum atomic E-state index is 5.56. The molecule has 0 aliphatic carbocycles. The highest BCUT2D eigenvalue weighted by molar-refractivity contribution is 5.79. The Balaban J connectivity index is 2.18. The summed E-state index contributed by atoms with van der Waals surface area (Å²) in [5.41, 5.74) is 2.03. The van der Waals surface area contributed by atoms with E-state index in [1.807, 2.05) is 25.1 Å². The normalized spacial score (nSPS) is 11.8. The van der Waals surface area contributed by atoms with Gasteiger partial charge in [0.1, 0.15) is 0 Å². The number of rotatable bonds is 8. The molecule has 118 valence electrons. The number of nitrogens with one attached hydrogen (secondary N) is 2. The van der Waals surface area contributed by atoms with Crippen LogP contribution in [-0.4, -0.2) is 37.7 Å². The van der Waals surface area contributed by atoms with Crippen molar-refractivity contribution in [2.75, 3.05) is 26.8 Å². The second-order valence-electron chi connectivity index (χ2n) is 5.42. The third-order valence-electron chi connectivity index (χ3n) is 2.98. The zero-order valence-corrected chi connectivity index (χ0v) is 13.6. The molecule has 0 bridgehead atoms. The second-order valence-corrected chi connectivity index (χ2v) is 5.42. The van der Waals surface area contributed by atoms with Crippen molar-refractivity contribution in [1.82, 2.24) is 15.6 Å². The molecule has 0 saturated carbocycles. The third kappa shape index (κ3) is 8.30. The van der Waals surface area contributed by atoms with Gasteiger partial charge >= 0.3 is 0 Å².